The molecule has 1 N–H and O–H groups in total. The van der Waals surface area contributed by atoms with Crippen molar-refractivity contribution in [3.8, 4) is 5.69 Å². The van der Waals surface area contributed by atoms with Crippen molar-refractivity contribution >= 4 is 11.8 Å². The first-order valence-corrected chi connectivity index (χ1v) is 9.40. The van der Waals surface area contributed by atoms with Crippen molar-refractivity contribution in [1.82, 2.24) is 20.0 Å². The first-order chi connectivity index (χ1) is 12.8. The zero-order valence-electron chi connectivity index (χ0n) is 17.0. The lowest BCUT2D eigenvalue weighted by atomic mass is 10.1. The van der Waals surface area contributed by atoms with Gasteiger partial charge in [-0.1, -0.05) is 32.0 Å². The van der Waals surface area contributed by atoms with E-state index in [1.807, 2.05) is 48.9 Å². The van der Waals surface area contributed by atoms with Crippen LogP contribution in [0.2, 0.25) is 0 Å². The molecule has 0 fully saturated rings. The molecule has 2 amide bonds. The normalized spacial score (nSPS) is 10.9. The molecule has 0 saturated carbocycles. The minimum Gasteiger partial charge on any atom is -0.347 e. The third kappa shape index (κ3) is 5.67. The molecule has 2 aromatic rings. The molecule has 1 aromatic carbocycles. The molecule has 146 valence electrons. The molecule has 0 spiro atoms. The highest BCUT2D eigenvalue weighted by molar-refractivity contribution is 5.84. The number of benzene rings is 1. The highest BCUT2D eigenvalue weighted by Crippen LogP contribution is 2.19. The number of carbonyl (C=O) groups excluding carboxylic acids is 2. The van der Waals surface area contributed by atoms with Crippen LogP contribution < -0.4 is 5.32 Å². The second-order valence-electron chi connectivity index (χ2n) is 7.36. The Morgan fingerprint density at radius 3 is 2.48 bits per heavy atom. The summed E-state index contributed by atoms with van der Waals surface area (Å²) in [5.41, 5.74) is 3.94. The average molecular weight is 370 g/mol. The Balaban J connectivity index is 1.97. The summed E-state index contributed by atoms with van der Waals surface area (Å²) in [7, 11) is 1.75. The molecule has 1 heterocycles. The number of nitrogens with zero attached hydrogens (tertiary/aromatic N) is 3. The predicted octanol–water partition coefficient (Wildman–Crippen LogP) is 3.00. The Hall–Kier alpha value is -2.63. The van der Waals surface area contributed by atoms with Gasteiger partial charge in [0.1, 0.15) is 0 Å². The number of hydrogen-bond donors (Lipinski definition) is 1. The number of para-hydroxylation sites is 1. The van der Waals surface area contributed by atoms with Crippen LogP contribution in [0.5, 0.6) is 0 Å². The molecule has 6 nitrogen and oxygen atoms in total. The highest BCUT2D eigenvalue weighted by Gasteiger charge is 2.17. The molecule has 0 radical (unpaired) electrons. The Bertz CT molecular complexity index is 781. The number of nitrogens with one attached hydrogen (secondary N) is 1. The molecule has 27 heavy (non-hydrogen) atoms. The largest absolute Gasteiger partial charge is 0.347 e. The van der Waals surface area contributed by atoms with Gasteiger partial charge in [-0.2, -0.15) is 5.10 Å². The summed E-state index contributed by atoms with van der Waals surface area (Å²) < 4.78 is 1.90. The maximum atomic E-state index is 12.4. The quantitative estimate of drug-likeness (QED) is 0.777. The van der Waals surface area contributed by atoms with Gasteiger partial charge in [0.15, 0.2) is 0 Å². The molecule has 0 aliphatic rings. The SMILES string of the molecule is Cc1nn(-c2ccccc2)c(C)c1CN(C)C(=O)CNC(=O)CCC(C)C. The molecule has 0 bridgehead atoms. The Kier molecular flexibility index (Phi) is 7.16. The summed E-state index contributed by atoms with van der Waals surface area (Å²) >= 11 is 0. The van der Waals surface area contributed by atoms with Crippen LogP contribution in [0.3, 0.4) is 0 Å². The fraction of sp³-hybridized carbons (Fsp3) is 0.476. The van der Waals surface area contributed by atoms with Crippen molar-refractivity contribution < 1.29 is 9.59 Å². The van der Waals surface area contributed by atoms with Gasteiger partial charge in [-0.05, 0) is 38.3 Å². The van der Waals surface area contributed by atoms with E-state index in [9.17, 15) is 9.59 Å². The van der Waals surface area contributed by atoms with Crippen molar-refractivity contribution in [3.63, 3.8) is 0 Å². The van der Waals surface area contributed by atoms with E-state index < -0.39 is 0 Å². The maximum absolute atomic E-state index is 12.4. The van der Waals surface area contributed by atoms with Crippen LogP contribution in [0.25, 0.3) is 5.69 Å². The zero-order valence-corrected chi connectivity index (χ0v) is 17.0. The van der Waals surface area contributed by atoms with E-state index in [0.717, 1.165) is 29.1 Å². The smallest absolute Gasteiger partial charge is 0.242 e. The van der Waals surface area contributed by atoms with E-state index in [0.29, 0.717) is 18.9 Å². The van der Waals surface area contributed by atoms with Gasteiger partial charge in [0.25, 0.3) is 0 Å². The van der Waals surface area contributed by atoms with Crippen LogP contribution in [0, 0.1) is 19.8 Å². The maximum Gasteiger partial charge on any atom is 0.242 e. The van der Waals surface area contributed by atoms with Crippen LogP contribution in [0.1, 0.15) is 43.6 Å². The van der Waals surface area contributed by atoms with E-state index in [4.69, 9.17) is 0 Å². The number of likely N-dealkylation sites (N-methyl/N-ethyl adjacent to an activating group) is 1. The van der Waals surface area contributed by atoms with E-state index in [-0.39, 0.29) is 18.4 Å². The number of rotatable bonds is 8. The number of aryl methyl sites for hydroxylation is 1. The van der Waals surface area contributed by atoms with Gasteiger partial charge >= 0.3 is 0 Å². The Morgan fingerprint density at radius 1 is 1.19 bits per heavy atom. The summed E-state index contributed by atoms with van der Waals surface area (Å²) in [6.07, 6.45) is 1.28. The third-order valence-electron chi connectivity index (χ3n) is 4.65. The van der Waals surface area contributed by atoms with E-state index >= 15 is 0 Å². The first-order valence-electron chi connectivity index (χ1n) is 9.40. The van der Waals surface area contributed by atoms with Crippen LogP contribution >= 0.6 is 0 Å². The second kappa shape index (κ2) is 9.35. The molecule has 0 atom stereocenters. The van der Waals surface area contributed by atoms with E-state index in [2.05, 4.69) is 24.3 Å². The van der Waals surface area contributed by atoms with Gasteiger partial charge in [0, 0.05) is 31.3 Å². The lowest BCUT2D eigenvalue weighted by Crippen LogP contribution is -2.38. The number of hydrogen-bond acceptors (Lipinski definition) is 3. The zero-order chi connectivity index (χ0) is 20.0. The van der Waals surface area contributed by atoms with Crippen molar-refractivity contribution in [1.29, 1.82) is 0 Å². The molecule has 0 unspecified atom stereocenters. The summed E-state index contributed by atoms with van der Waals surface area (Å²) in [6.45, 7) is 8.60. The third-order valence-corrected chi connectivity index (χ3v) is 4.65. The van der Waals surface area contributed by atoms with Crippen molar-refractivity contribution in [3.05, 3.63) is 47.3 Å². The number of amides is 2. The topological polar surface area (TPSA) is 67.2 Å². The molecular weight excluding hydrogens is 340 g/mol. The molecule has 2 rings (SSSR count). The van der Waals surface area contributed by atoms with Gasteiger partial charge < -0.3 is 10.2 Å². The molecular formula is C21H30N4O2. The van der Waals surface area contributed by atoms with Gasteiger partial charge in [-0.15, -0.1) is 0 Å². The molecule has 6 heteroatoms. The molecule has 0 aliphatic carbocycles. The lowest BCUT2D eigenvalue weighted by Gasteiger charge is -2.18. The Labute approximate surface area is 161 Å². The van der Waals surface area contributed by atoms with Crippen molar-refractivity contribution in [2.45, 2.75) is 47.1 Å². The molecule has 1 aromatic heterocycles. The standard InChI is InChI=1S/C21H30N4O2/c1-15(2)11-12-20(26)22-13-21(27)24(5)14-19-16(3)23-25(17(19)4)18-9-7-6-8-10-18/h6-10,15H,11-14H2,1-5H3,(H,22,26). The minimum atomic E-state index is -0.112. The fourth-order valence-electron chi connectivity index (χ4n) is 2.87. The van der Waals surface area contributed by atoms with Gasteiger partial charge in [0.2, 0.25) is 11.8 Å². The minimum absolute atomic E-state index is 0.0261. The predicted molar refractivity (Wildman–Crippen MR) is 107 cm³/mol. The monoisotopic (exact) mass is 370 g/mol. The van der Waals surface area contributed by atoms with Crippen molar-refractivity contribution in [2.75, 3.05) is 13.6 Å². The van der Waals surface area contributed by atoms with Gasteiger partial charge in [-0.25, -0.2) is 4.68 Å². The summed E-state index contributed by atoms with van der Waals surface area (Å²) in [4.78, 5) is 25.8. The van der Waals surface area contributed by atoms with Gasteiger partial charge in [0.05, 0.1) is 17.9 Å². The molecule has 0 saturated heterocycles. The van der Waals surface area contributed by atoms with E-state index in [1.54, 1.807) is 11.9 Å². The van der Waals surface area contributed by atoms with Crippen LogP contribution in [-0.4, -0.2) is 40.1 Å². The number of carbonyl (C=O) groups is 2. The second-order valence-corrected chi connectivity index (χ2v) is 7.36. The average Bonchev–Trinajstić information content (AvgIpc) is 2.93. The Morgan fingerprint density at radius 2 is 1.85 bits per heavy atom. The van der Waals surface area contributed by atoms with Crippen LogP contribution in [0.4, 0.5) is 0 Å². The van der Waals surface area contributed by atoms with Crippen LogP contribution in [0.15, 0.2) is 30.3 Å². The fourth-order valence-corrected chi connectivity index (χ4v) is 2.87. The highest BCUT2D eigenvalue weighted by atomic mass is 16.2. The summed E-state index contributed by atoms with van der Waals surface area (Å²) in [6, 6.07) is 9.93. The first kappa shape index (κ1) is 20.7. The van der Waals surface area contributed by atoms with Crippen molar-refractivity contribution in [2.24, 2.45) is 5.92 Å². The number of aromatic nitrogens is 2. The summed E-state index contributed by atoms with van der Waals surface area (Å²) in [5.74, 6) is 0.287. The van der Waals surface area contributed by atoms with Crippen LogP contribution in [-0.2, 0) is 16.1 Å². The van der Waals surface area contributed by atoms with E-state index in [1.165, 1.54) is 0 Å². The van der Waals surface area contributed by atoms with Gasteiger partial charge in [-0.3, -0.25) is 9.59 Å². The lowest BCUT2D eigenvalue weighted by molar-refractivity contribution is -0.132. The summed E-state index contributed by atoms with van der Waals surface area (Å²) in [5, 5.41) is 7.33. The molecule has 0 aliphatic heterocycles.